The van der Waals surface area contributed by atoms with E-state index >= 15 is 0 Å². The van der Waals surface area contributed by atoms with Gasteiger partial charge in [0.15, 0.2) is 0 Å². The molecule has 2 aromatic heterocycles. The van der Waals surface area contributed by atoms with Gasteiger partial charge in [-0.15, -0.1) is 0 Å². The van der Waals surface area contributed by atoms with Crippen molar-refractivity contribution >= 4 is 16.9 Å². The van der Waals surface area contributed by atoms with Crippen LogP contribution >= 0.6 is 0 Å². The number of nitrogens with one attached hydrogen (secondary N) is 1. The lowest BCUT2D eigenvalue weighted by Crippen LogP contribution is -2.27. The zero-order valence-electron chi connectivity index (χ0n) is 18.3. The van der Waals surface area contributed by atoms with Gasteiger partial charge in [0.1, 0.15) is 11.5 Å². The van der Waals surface area contributed by atoms with E-state index in [0.29, 0.717) is 18.7 Å². The molecule has 2 heterocycles. The Morgan fingerprint density at radius 3 is 2.42 bits per heavy atom. The monoisotopic (exact) mass is 412 g/mol. The molecule has 1 N–H and O–H groups in total. The fourth-order valence-electron chi connectivity index (χ4n) is 3.66. The maximum absolute atomic E-state index is 12.3. The SMILES string of the molecule is CC(C)(C)c1ccc(Cn2c(CCNC(=O)c3ccccn3)nc3ccccc32)cc1. The summed E-state index contributed by atoms with van der Waals surface area (Å²) in [5.41, 5.74) is 5.19. The van der Waals surface area contributed by atoms with Crippen molar-refractivity contribution in [1.29, 1.82) is 0 Å². The zero-order valence-corrected chi connectivity index (χ0v) is 18.3. The van der Waals surface area contributed by atoms with Crippen LogP contribution in [-0.2, 0) is 18.4 Å². The Morgan fingerprint density at radius 2 is 1.71 bits per heavy atom. The van der Waals surface area contributed by atoms with Crippen molar-refractivity contribution in [2.24, 2.45) is 0 Å². The number of rotatable bonds is 6. The molecule has 0 aliphatic heterocycles. The van der Waals surface area contributed by atoms with Gasteiger partial charge in [-0.25, -0.2) is 4.98 Å². The van der Waals surface area contributed by atoms with Gasteiger partial charge in [0, 0.05) is 25.7 Å². The van der Waals surface area contributed by atoms with E-state index in [-0.39, 0.29) is 11.3 Å². The molecule has 0 saturated heterocycles. The van der Waals surface area contributed by atoms with Crippen molar-refractivity contribution < 1.29 is 4.79 Å². The highest BCUT2D eigenvalue weighted by molar-refractivity contribution is 5.92. The predicted octanol–water partition coefficient (Wildman–Crippen LogP) is 4.75. The summed E-state index contributed by atoms with van der Waals surface area (Å²) in [7, 11) is 0. The molecule has 0 saturated carbocycles. The van der Waals surface area contributed by atoms with Gasteiger partial charge in [-0.3, -0.25) is 9.78 Å². The van der Waals surface area contributed by atoms with Crippen LogP contribution in [0.2, 0.25) is 0 Å². The summed E-state index contributed by atoms with van der Waals surface area (Å²) in [6, 6.07) is 22.3. The van der Waals surface area contributed by atoms with Crippen LogP contribution in [0.25, 0.3) is 11.0 Å². The van der Waals surface area contributed by atoms with E-state index in [4.69, 9.17) is 4.98 Å². The molecule has 0 spiro atoms. The number of imidazole rings is 1. The molecule has 31 heavy (non-hydrogen) atoms. The number of aromatic nitrogens is 3. The Hall–Kier alpha value is -3.47. The lowest BCUT2D eigenvalue weighted by molar-refractivity contribution is 0.0949. The summed E-state index contributed by atoms with van der Waals surface area (Å²) in [5.74, 6) is 0.795. The molecule has 0 fully saturated rings. The predicted molar refractivity (Wildman–Crippen MR) is 124 cm³/mol. The number of nitrogens with zero attached hydrogens (tertiary/aromatic N) is 3. The molecular weight excluding hydrogens is 384 g/mol. The lowest BCUT2D eigenvalue weighted by atomic mass is 9.87. The number of benzene rings is 2. The third kappa shape index (κ3) is 4.82. The van der Waals surface area contributed by atoms with Gasteiger partial charge in [-0.1, -0.05) is 63.2 Å². The number of fused-ring (bicyclic) bond motifs is 1. The average molecular weight is 413 g/mol. The smallest absolute Gasteiger partial charge is 0.269 e. The van der Waals surface area contributed by atoms with Crippen molar-refractivity contribution in [2.75, 3.05) is 6.54 Å². The van der Waals surface area contributed by atoms with Crippen molar-refractivity contribution in [3.63, 3.8) is 0 Å². The molecule has 158 valence electrons. The summed E-state index contributed by atoms with van der Waals surface area (Å²) >= 11 is 0. The third-order valence-electron chi connectivity index (χ3n) is 5.43. The molecule has 0 aliphatic carbocycles. The first-order chi connectivity index (χ1) is 14.9. The summed E-state index contributed by atoms with van der Waals surface area (Å²) in [6.07, 6.45) is 2.27. The van der Waals surface area contributed by atoms with Gasteiger partial charge in [0.25, 0.3) is 5.91 Å². The van der Waals surface area contributed by atoms with Gasteiger partial charge in [-0.05, 0) is 40.8 Å². The maximum Gasteiger partial charge on any atom is 0.269 e. The van der Waals surface area contributed by atoms with Gasteiger partial charge >= 0.3 is 0 Å². The van der Waals surface area contributed by atoms with Gasteiger partial charge in [-0.2, -0.15) is 0 Å². The number of hydrogen-bond acceptors (Lipinski definition) is 3. The Labute approximate surface area is 183 Å². The van der Waals surface area contributed by atoms with Crippen LogP contribution in [0.5, 0.6) is 0 Å². The third-order valence-corrected chi connectivity index (χ3v) is 5.43. The Balaban J connectivity index is 1.52. The van der Waals surface area contributed by atoms with Gasteiger partial charge in [0.05, 0.1) is 11.0 Å². The second kappa shape index (κ2) is 8.72. The minimum atomic E-state index is -0.166. The van der Waals surface area contributed by atoms with Gasteiger partial charge < -0.3 is 9.88 Å². The fraction of sp³-hybridized carbons (Fsp3) is 0.269. The minimum Gasteiger partial charge on any atom is -0.350 e. The second-order valence-electron chi connectivity index (χ2n) is 8.77. The normalized spacial score (nSPS) is 11.6. The number of amides is 1. The first-order valence-corrected chi connectivity index (χ1v) is 10.6. The van der Waals surface area contributed by atoms with E-state index in [1.54, 1.807) is 18.3 Å². The van der Waals surface area contributed by atoms with Crippen LogP contribution < -0.4 is 5.32 Å². The number of carbonyl (C=O) groups is 1. The maximum atomic E-state index is 12.3. The molecule has 1 amide bonds. The highest BCUT2D eigenvalue weighted by atomic mass is 16.1. The van der Waals surface area contributed by atoms with Gasteiger partial charge in [0.2, 0.25) is 0 Å². The highest BCUT2D eigenvalue weighted by Crippen LogP contribution is 2.23. The van der Waals surface area contributed by atoms with E-state index in [1.807, 2.05) is 24.3 Å². The average Bonchev–Trinajstić information content (AvgIpc) is 3.11. The zero-order chi connectivity index (χ0) is 21.8. The lowest BCUT2D eigenvalue weighted by Gasteiger charge is -2.19. The number of para-hydroxylation sites is 2. The van der Waals surface area contributed by atoms with Crippen molar-refractivity contribution in [2.45, 2.75) is 39.2 Å². The number of pyridine rings is 1. The van der Waals surface area contributed by atoms with Crippen molar-refractivity contribution in [3.8, 4) is 0 Å². The number of carbonyl (C=O) groups excluding carboxylic acids is 1. The van der Waals surface area contributed by atoms with Crippen LogP contribution in [0, 0.1) is 0 Å². The summed E-state index contributed by atoms with van der Waals surface area (Å²) in [6.45, 7) is 7.92. The molecular formula is C26H28N4O. The molecule has 0 bridgehead atoms. The summed E-state index contributed by atoms with van der Waals surface area (Å²) in [5, 5.41) is 2.95. The minimum absolute atomic E-state index is 0.136. The molecule has 0 unspecified atom stereocenters. The topological polar surface area (TPSA) is 59.8 Å². The Bertz CT molecular complexity index is 1170. The molecule has 0 aliphatic rings. The van der Waals surface area contributed by atoms with Crippen LogP contribution in [-0.4, -0.2) is 27.0 Å². The standard InChI is InChI=1S/C26H28N4O/c1-26(2,3)20-13-11-19(12-14-20)18-30-23-10-5-4-8-21(23)29-24(30)15-17-28-25(31)22-9-6-7-16-27-22/h4-14,16H,15,17-18H2,1-3H3,(H,28,31). The van der Waals surface area contributed by atoms with E-state index in [1.165, 1.54) is 11.1 Å². The fourth-order valence-corrected chi connectivity index (χ4v) is 3.66. The molecule has 0 atom stereocenters. The molecule has 0 radical (unpaired) electrons. The van der Waals surface area contributed by atoms with E-state index < -0.39 is 0 Å². The highest BCUT2D eigenvalue weighted by Gasteiger charge is 2.15. The summed E-state index contributed by atoms with van der Waals surface area (Å²) < 4.78 is 2.24. The van der Waals surface area contributed by atoms with Crippen molar-refractivity contribution in [3.05, 3.63) is 95.6 Å². The second-order valence-corrected chi connectivity index (χ2v) is 8.77. The first kappa shape index (κ1) is 20.8. The van der Waals surface area contributed by atoms with Crippen molar-refractivity contribution in [1.82, 2.24) is 19.9 Å². The quantitative estimate of drug-likeness (QED) is 0.497. The van der Waals surface area contributed by atoms with Crippen LogP contribution in [0.4, 0.5) is 0 Å². The molecule has 4 aromatic rings. The molecule has 4 rings (SSSR count). The summed E-state index contributed by atoms with van der Waals surface area (Å²) in [4.78, 5) is 21.2. The largest absolute Gasteiger partial charge is 0.350 e. The molecule has 5 nitrogen and oxygen atoms in total. The van der Waals surface area contributed by atoms with E-state index in [0.717, 1.165) is 23.4 Å². The number of hydrogen-bond donors (Lipinski definition) is 1. The Morgan fingerprint density at radius 1 is 0.968 bits per heavy atom. The van der Waals surface area contributed by atoms with Crippen LogP contribution in [0.15, 0.2) is 72.9 Å². The van der Waals surface area contributed by atoms with Crippen LogP contribution in [0.3, 0.4) is 0 Å². The van der Waals surface area contributed by atoms with Crippen LogP contribution in [0.1, 0.15) is 48.2 Å². The van der Waals surface area contributed by atoms with E-state index in [9.17, 15) is 4.79 Å². The molecule has 2 aromatic carbocycles. The molecule has 5 heteroatoms. The first-order valence-electron chi connectivity index (χ1n) is 10.6. The van der Waals surface area contributed by atoms with E-state index in [2.05, 4.69) is 66.0 Å². The Kier molecular flexibility index (Phi) is 5.85.